The lowest BCUT2D eigenvalue weighted by Crippen LogP contribution is -2.32. The van der Waals surface area contributed by atoms with Gasteiger partial charge in [0.05, 0.1) is 17.4 Å². The van der Waals surface area contributed by atoms with Crippen molar-refractivity contribution in [2.24, 2.45) is 0 Å². The summed E-state index contributed by atoms with van der Waals surface area (Å²) in [5.41, 5.74) is 1.42. The van der Waals surface area contributed by atoms with E-state index in [4.69, 9.17) is 4.74 Å². The van der Waals surface area contributed by atoms with E-state index in [2.05, 4.69) is 4.72 Å². The van der Waals surface area contributed by atoms with Gasteiger partial charge >= 0.3 is 5.97 Å². The van der Waals surface area contributed by atoms with Crippen LogP contribution in [0.4, 0.5) is 4.39 Å². The summed E-state index contributed by atoms with van der Waals surface area (Å²) in [6, 6.07) is 11.7. The Morgan fingerprint density at radius 1 is 1.12 bits per heavy atom. The average Bonchev–Trinajstić information content (AvgIpc) is 2.57. The van der Waals surface area contributed by atoms with Gasteiger partial charge < -0.3 is 4.74 Å². The zero-order valence-corrected chi connectivity index (χ0v) is 14.8. The SMILES string of the molecule is CCOC(=O)C(CNS(=O)(=O)c1ccc(C)cc1)c1ccc(F)cc1. The van der Waals surface area contributed by atoms with E-state index in [1.54, 1.807) is 19.1 Å². The highest BCUT2D eigenvalue weighted by Crippen LogP contribution is 2.19. The molecule has 0 aliphatic carbocycles. The summed E-state index contributed by atoms with van der Waals surface area (Å²) in [5.74, 6) is -1.87. The normalized spacial score (nSPS) is 12.6. The minimum Gasteiger partial charge on any atom is -0.465 e. The molecule has 0 saturated carbocycles. The number of rotatable bonds is 7. The minimum absolute atomic E-state index is 0.111. The number of benzene rings is 2. The van der Waals surface area contributed by atoms with Crippen LogP contribution in [0.15, 0.2) is 53.4 Å². The van der Waals surface area contributed by atoms with Gasteiger partial charge in [-0.2, -0.15) is 0 Å². The zero-order chi connectivity index (χ0) is 18.4. The van der Waals surface area contributed by atoms with Gasteiger partial charge in [-0.15, -0.1) is 0 Å². The molecule has 2 aromatic carbocycles. The standard InChI is InChI=1S/C18H20FNO4S/c1-3-24-18(21)17(14-6-8-15(19)9-7-14)12-20-25(22,23)16-10-4-13(2)5-11-16/h4-11,17,20H,3,12H2,1-2H3. The third-order valence-electron chi connectivity index (χ3n) is 3.65. The van der Waals surface area contributed by atoms with E-state index in [0.29, 0.717) is 5.56 Å². The van der Waals surface area contributed by atoms with Crippen molar-refractivity contribution in [2.75, 3.05) is 13.2 Å². The molecule has 0 aromatic heterocycles. The molecule has 5 nitrogen and oxygen atoms in total. The van der Waals surface area contributed by atoms with E-state index >= 15 is 0 Å². The van der Waals surface area contributed by atoms with Crippen LogP contribution < -0.4 is 4.72 Å². The van der Waals surface area contributed by atoms with Gasteiger partial charge in [0.1, 0.15) is 5.82 Å². The summed E-state index contributed by atoms with van der Waals surface area (Å²) in [6.45, 7) is 3.51. The van der Waals surface area contributed by atoms with E-state index in [9.17, 15) is 17.6 Å². The number of esters is 1. The number of nitrogens with one attached hydrogen (secondary N) is 1. The quantitative estimate of drug-likeness (QED) is 0.766. The number of sulfonamides is 1. The van der Waals surface area contributed by atoms with Crippen LogP contribution in [-0.4, -0.2) is 27.5 Å². The number of hydrogen-bond acceptors (Lipinski definition) is 4. The van der Waals surface area contributed by atoms with Crippen molar-refractivity contribution in [3.63, 3.8) is 0 Å². The van der Waals surface area contributed by atoms with Crippen LogP contribution in [0, 0.1) is 12.7 Å². The third kappa shape index (κ3) is 5.11. The lowest BCUT2D eigenvalue weighted by Gasteiger charge is -2.17. The molecule has 1 unspecified atom stereocenters. The van der Waals surface area contributed by atoms with Crippen molar-refractivity contribution in [3.05, 3.63) is 65.5 Å². The predicted octanol–water partition coefficient (Wildman–Crippen LogP) is 2.76. The molecular formula is C18H20FNO4S. The first-order valence-electron chi connectivity index (χ1n) is 7.82. The third-order valence-corrected chi connectivity index (χ3v) is 5.09. The van der Waals surface area contributed by atoms with E-state index in [0.717, 1.165) is 5.56 Å². The highest BCUT2D eigenvalue weighted by Gasteiger charge is 2.25. The molecule has 25 heavy (non-hydrogen) atoms. The van der Waals surface area contributed by atoms with E-state index in [-0.39, 0.29) is 18.0 Å². The Labute approximate surface area is 146 Å². The fraction of sp³-hybridized carbons (Fsp3) is 0.278. The van der Waals surface area contributed by atoms with Gasteiger partial charge in [0.25, 0.3) is 0 Å². The highest BCUT2D eigenvalue weighted by atomic mass is 32.2. The van der Waals surface area contributed by atoms with Crippen LogP contribution >= 0.6 is 0 Å². The topological polar surface area (TPSA) is 72.5 Å². The summed E-state index contributed by atoms with van der Waals surface area (Å²) in [7, 11) is -3.77. The van der Waals surface area contributed by atoms with Crippen molar-refractivity contribution in [1.29, 1.82) is 0 Å². The number of hydrogen-bond donors (Lipinski definition) is 1. The molecule has 0 amide bonds. The van der Waals surface area contributed by atoms with Crippen LogP contribution in [0.5, 0.6) is 0 Å². The number of carbonyl (C=O) groups excluding carboxylic acids is 1. The largest absolute Gasteiger partial charge is 0.465 e. The fourth-order valence-electron chi connectivity index (χ4n) is 2.27. The Balaban J connectivity index is 2.20. The summed E-state index contributed by atoms with van der Waals surface area (Å²) in [5, 5.41) is 0. The lowest BCUT2D eigenvalue weighted by molar-refractivity contribution is -0.144. The Bertz CT molecular complexity index is 817. The average molecular weight is 365 g/mol. The van der Waals surface area contributed by atoms with Crippen molar-refractivity contribution in [2.45, 2.75) is 24.7 Å². The zero-order valence-electron chi connectivity index (χ0n) is 14.0. The van der Waals surface area contributed by atoms with Crippen molar-refractivity contribution in [3.8, 4) is 0 Å². The number of halogens is 1. The molecule has 1 atom stereocenters. The first-order valence-corrected chi connectivity index (χ1v) is 9.30. The maximum absolute atomic E-state index is 13.1. The smallest absolute Gasteiger partial charge is 0.314 e. The molecular weight excluding hydrogens is 345 g/mol. The second-order valence-corrected chi connectivity index (χ2v) is 7.29. The molecule has 2 aromatic rings. The molecule has 1 N–H and O–H groups in total. The second kappa shape index (κ2) is 8.22. The molecule has 0 spiro atoms. The molecule has 134 valence electrons. The van der Waals surface area contributed by atoms with Crippen LogP contribution in [0.1, 0.15) is 24.0 Å². The Kier molecular flexibility index (Phi) is 6.27. The van der Waals surface area contributed by atoms with Gasteiger partial charge in [-0.05, 0) is 43.7 Å². The molecule has 0 bridgehead atoms. The molecule has 0 fully saturated rings. The highest BCUT2D eigenvalue weighted by molar-refractivity contribution is 7.89. The Morgan fingerprint density at radius 2 is 1.72 bits per heavy atom. The van der Waals surface area contributed by atoms with Crippen LogP contribution in [-0.2, 0) is 19.6 Å². The Hall–Kier alpha value is -2.25. The van der Waals surface area contributed by atoms with Gasteiger partial charge in [-0.3, -0.25) is 4.79 Å². The predicted molar refractivity (Wildman–Crippen MR) is 92.1 cm³/mol. The summed E-state index contributed by atoms with van der Waals surface area (Å²) in [4.78, 5) is 12.3. The molecule has 0 heterocycles. The number of ether oxygens (including phenoxy) is 1. The van der Waals surface area contributed by atoms with Crippen LogP contribution in [0.3, 0.4) is 0 Å². The van der Waals surface area contributed by atoms with Gasteiger partial charge in [0.15, 0.2) is 0 Å². The van der Waals surface area contributed by atoms with Gasteiger partial charge in [-0.1, -0.05) is 29.8 Å². The van der Waals surface area contributed by atoms with E-state index in [1.807, 2.05) is 6.92 Å². The molecule has 0 radical (unpaired) electrons. The monoisotopic (exact) mass is 365 g/mol. The summed E-state index contributed by atoms with van der Waals surface area (Å²) in [6.07, 6.45) is 0. The minimum atomic E-state index is -3.77. The van der Waals surface area contributed by atoms with Gasteiger partial charge in [-0.25, -0.2) is 17.5 Å². The molecule has 0 aliphatic heterocycles. The molecule has 7 heteroatoms. The van der Waals surface area contributed by atoms with E-state index < -0.39 is 27.7 Å². The fourth-order valence-corrected chi connectivity index (χ4v) is 3.32. The Morgan fingerprint density at radius 3 is 2.28 bits per heavy atom. The number of aryl methyl sites for hydroxylation is 1. The number of carbonyl (C=O) groups is 1. The first kappa shape index (κ1) is 19.1. The van der Waals surface area contributed by atoms with Gasteiger partial charge in [0.2, 0.25) is 10.0 Å². The maximum atomic E-state index is 13.1. The maximum Gasteiger partial charge on any atom is 0.314 e. The first-order chi connectivity index (χ1) is 11.8. The van der Waals surface area contributed by atoms with Crippen molar-refractivity contribution >= 4 is 16.0 Å². The molecule has 0 saturated heterocycles. The molecule has 2 rings (SSSR count). The second-order valence-electron chi connectivity index (χ2n) is 5.52. The van der Waals surface area contributed by atoms with Crippen molar-refractivity contribution < 1.29 is 22.3 Å². The summed E-state index contributed by atoms with van der Waals surface area (Å²) >= 11 is 0. The van der Waals surface area contributed by atoms with Gasteiger partial charge in [0, 0.05) is 6.54 Å². The lowest BCUT2D eigenvalue weighted by atomic mass is 9.99. The summed E-state index contributed by atoms with van der Waals surface area (Å²) < 4.78 is 45.3. The van der Waals surface area contributed by atoms with E-state index in [1.165, 1.54) is 36.4 Å². The van der Waals surface area contributed by atoms with Crippen molar-refractivity contribution in [1.82, 2.24) is 4.72 Å². The van der Waals surface area contributed by atoms with Crippen LogP contribution in [0.2, 0.25) is 0 Å². The van der Waals surface area contributed by atoms with Crippen LogP contribution in [0.25, 0.3) is 0 Å². The molecule has 0 aliphatic rings.